The van der Waals surface area contributed by atoms with Crippen molar-refractivity contribution in [2.45, 2.75) is 39.3 Å². The zero-order valence-corrected chi connectivity index (χ0v) is 22.3. The molecule has 34 heavy (non-hydrogen) atoms. The molecule has 0 aliphatic heterocycles. The fourth-order valence-electron chi connectivity index (χ4n) is 3.37. The van der Waals surface area contributed by atoms with E-state index in [0.717, 1.165) is 11.8 Å². The molecule has 0 aromatic heterocycles. The highest BCUT2D eigenvalue weighted by Crippen LogP contribution is 2.25. The van der Waals surface area contributed by atoms with Gasteiger partial charge in [0.1, 0.15) is 6.04 Å². The summed E-state index contributed by atoms with van der Waals surface area (Å²) >= 11 is 18.1. The quantitative estimate of drug-likeness (QED) is 0.439. The summed E-state index contributed by atoms with van der Waals surface area (Å²) in [5.74, 6) is -0.572. The summed E-state index contributed by atoms with van der Waals surface area (Å²) in [4.78, 5) is 27.1. The summed E-state index contributed by atoms with van der Waals surface area (Å²) in [7, 11) is -3.59. The molecule has 2 rings (SSSR count). The number of carbonyl (C=O) groups excluding carboxylic acids is 2. The molecule has 186 valence electrons. The van der Waals surface area contributed by atoms with Gasteiger partial charge in [0.05, 0.1) is 22.0 Å². The van der Waals surface area contributed by atoms with Crippen molar-refractivity contribution in [3.8, 4) is 0 Å². The molecule has 0 aliphatic carbocycles. The standard InChI is InChI=1S/C23H28Cl3N3O4S/c1-4-27-23(31)16(2)28(15-17-10-11-20(25)21(26)13-17)22(30)9-6-12-29(34(3,32)33)19-8-5-7-18(24)14-19/h5,7-8,10-11,13-14,16H,4,6,9,12,15H2,1-3H3,(H,27,31)/t16-/m1/s1. The number of rotatable bonds is 11. The summed E-state index contributed by atoms with van der Waals surface area (Å²) in [5.41, 5.74) is 1.14. The minimum Gasteiger partial charge on any atom is -0.355 e. The second-order valence-corrected chi connectivity index (χ2v) is 10.9. The zero-order valence-electron chi connectivity index (χ0n) is 19.2. The van der Waals surface area contributed by atoms with Crippen LogP contribution in [0.1, 0.15) is 32.3 Å². The Hall–Kier alpha value is -2.00. The van der Waals surface area contributed by atoms with Gasteiger partial charge in [-0.15, -0.1) is 0 Å². The number of amides is 2. The largest absolute Gasteiger partial charge is 0.355 e. The van der Waals surface area contributed by atoms with Crippen molar-refractivity contribution in [2.75, 3.05) is 23.7 Å². The molecule has 1 N–H and O–H groups in total. The molecule has 0 unspecified atom stereocenters. The van der Waals surface area contributed by atoms with Crippen molar-refractivity contribution < 1.29 is 18.0 Å². The molecule has 2 amide bonds. The van der Waals surface area contributed by atoms with Crippen LogP contribution in [-0.4, -0.2) is 50.5 Å². The lowest BCUT2D eigenvalue weighted by Gasteiger charge is -2.29. The van der Waals surface area contributed by atoms with Gasteiger partial charge in [-0.1, -0.05) is 46.9 Å². The number of nitrogens with one attached hydrogen (secondary N) is 1. The lowest BCUT2D eigenvalue weighted by Crippen LogP contribution is -2.47. The summed E-state index contributed by atoms with van der Waals surface area (Å²) in [6.07, 6.45) is 1.39. The van der Waals surface area contributed by atoms with Gasteiger partial charge in [0.15, 0.2) is 0 Å². The predicted molar refractivity (Wildman–Crippen MR) is 138 cm³/mol. The molecule has 0 aliphatic rings. The topological polar surface area (TPSA) is 86.8 Å². The Morgan fingerprint density at radius 2 is 1.76 bits per heavy atom. The van der Waals surface area contributed by atoms with Crippen molar-refractivity contribution in [1.29, 1.82) is 0 Å². The Balaban J connectivity index is 2.18. The van der Waals surface area contributed by atoms with Gasteiger partial charge < -0.3 is 10.2 Å². The van der Waals surface area contributed by atoms with E-state index in [1.165, 1.54) is 9.21 Å². The van der Waals surface area contributed by atoms with E-state index in [2.05, 4.69) is 5.32 Å². The number of benzene rings is 2. The van der Waals surface area contributed by atoms with E-state index in [-0.39, 0.29) is 37.7 Å². The molecule has 0 radical (unpaired) electrons. The fraction of sp³-hybridized carbons (Fsp3) is 0.391. The van der Waals surface area contributed by atoms with Gasteiger partial charge in [0, 0.05) is 31.1 Å². The number of likely N-dealkylation sites (N-methyl/N-ethyl adjacent to an activating group) is 1. The first-order chi connectivity index (χ1) is 15.9. The van der Waals surface area contributed by atoms with Crippen LogP contribution in [0.5, 0.6) is 0 Å². The van der Waals surface area contributed by atoms with Gasteiger partial charge in [-0.25, -0.2) is 8.42 Å². The van der Waals surface area contributed by atoms with Gasteiger partial charge in [-0.3, -0.25) is 13.9 Å². The SMILES string of the molecule is CCNC(=O)[C@@H](C)N(Cc1ccc(Cl)c(Cl)c1)C(=O)CCCN(c1cccc(Cl)c1)S(C)(=O)=O. The van der Waals surface area contributed by atoms with Crippen molar-refractivity contribution in [3.05, 3.63) is 63.1 Å². The molecule has 7 nitrogen and oxygen atoms in total. The third kappa shape index (κ3) is 8.05. The number of halogens is 3. The Labute approximate surface area is 216 Å². The van der Waals surface area contributed by atoms with E-state index in [4.69, 9.17) is 34.8 Å². The molecular formula is C23H28Cl3N3O4S. The smallest absolute Gasteiger partial charge is 0.242 e. The number of hydrogen-bond donors (Lipinski definition) is 1. The highest BCUT2D eigenvalue weighted by Gasteiger charge is 2.26. The summed E-state index contributed by atoms with van der Waals surface area (Å²) in [5, 5.41) is 3.88. The number of carbonyl (C=O) groups is 2. The highest BCUT2D eigenvalue weighted by molar-refractivity contribution is 7.92. The molecule has 0 saturated carbocycles. The Morgan fingerprint density at radius 1 is 1.06 bits per heavy atom. The Bertz CT molecular complexity index is 1130. The van der Waals surface area contributed by atoms with Crippen molar-refractivity contribution in [3.63, 3.8) is 0 Å². The molecule has 2 aromatic carbocycles. The highest BCUT2D eigenvalue weighted by atomic mass is 35.5. The molecule has 0 bridgehead atoms. The van der Waals surface area contributed by atoms with Crippen LogP contribution >= 0.6 is 34.8 Å². The van der Waals surface area contributed by atoms with E-state index >= 15 is 0 Å². The molecule has 0 fully saturated rings. The first-order valence-electron chi connectivity index (χ1n) is 10.7. The van der Waals surface area contributed by atoms with Crippen molar-refractivity contribution in [2.24, 2.45) is 0 Å². The van der Waals surface area contributed by atoms with Gasteiger partial charge >= 0.3 is 0 Å². The summed E-state index contributed by atoms with van der Waals surface area (Å²) in [6.45, 7) is 4.11. The van der Waals surface area contributed by atoms with Gasteiger partial charge in [0.25, 0.3) is 0 Å². The van der Waals surface area contributed by atoms with E-state index in [1.54, 1.807) is 56.3 Å². The minimum atomic E-state index is -3.59. The maximum Gasteiger partial charge on any atom is 0.242 e. The van der Waals surface area contributed by atoms with Crippen LogP contribution in [0.15, 0.2) is 42.5 Å². The van der Waals surface area contributed by atoms with Gasteiger partial charge in [0.2, 0.25) is 21.8 Å². The first-order valence-corrected chi connectivity index (χ1v) is 13.7. The number of sulfonamides is 1. The van der Waals surface area contributed by atoms with Gasteiger partial charge in [-0.05, 0) is 56.2 Å². The Kier molecular flexibility index (Phi) is 10.5. The van der Waals surface area contributed by atoms with Crippen LogP contribution in [0, 0.1) is 0 Å². The molecule has 11 heteroatoms. The first kappa shape index (κ1) is 28.2. The molecule has 2 aromatic rings. The monoisotopic (exact) mass is 547 g/mol. The predicted octanol–water partition coefficient (Wildman–Crippen LogP) is 4.75. The van der Waals surface area contributed by atoms with Crippen molar-refractivity contribution in [1.82, 2.24) is 10.2 Å². The molecule has 1 atom stereocenters. The average molecular weight is 549 g/mol. The van der Waals surface area contributed by atoms with E-state index in [0.29, 0.717) is 27.3 Å². The third-order valence-electron chi connectivity index (χ3n) is 5.10. The van der Waals surface area contributed by atoms with Crippen LogP contribution in [-0.2, 0) is 26.2 Å². The second kappa shape index (κ2) is 12.6. The maximum absolute atomic E-state index is 13.2. The molecule has 0 saturated heterocycles. The molecule has 0 heterocycles. The fourth-order valence-corrected chi connectivity index (χ4v) is 4.84. The lowest BCUT2D eigenvalue weighted by atomic mass is 10.1. The van der Waals surface area contributed by atoms with Gasteiger partial charge in [-0.2, -0.15) is 0 Å². The van der Waals surface area contributed by atoms with E-state index in [9.17, 15) is 18.0 Å². The minimum absolute atomic E-state index is 0.0393. The second-order valence-electron chi connectivity index (χ2n) is 7.76. The number of hydrogen-bond acceptors (Lipinski definition) is 4. The normalized spacial score (nSPS) is 12.2. The molecule has 0 spiro atoms. The third-order valence-corrected chi connectivity index (χ3v) is 7.27. The maximum atomic E-state index is 13.2. The molecular weight excluding hydrogens is 521 g/mol. The number of nitrogens with zero attached hydrogens (tertiary/aromatic N) is 2. The average Bonchev–Trinajstić information content (AvgIpc) is 2.76. The summed E-state index contributed by atoms with van der Waals surface area (Å²) in [6, 6.07) is 10.8. The van der Waals surface area contributed by atoms with Crippen LogP contribution in [0.4, 0.5) is 5.69 Å². The van der Waals surface area contributed by atoms with Crippen LogP contribution < -0.4 is 9.62 Å². The van der Waals surface area contributed by atoms with Crippen molar-refractivity contribution >= 4 is 62.3 Å². The van der Waals surface area contributed by atoms with E-state index < -0.39 is 16.1 Å². The Morgan fingerprint density at radius 3 is 2.35 bits per heavy atom. The number of anilines is 1. The van der Waals surface area contributed by atoms with Crippen LogP contribution in [0.3, 0.4) is 0 Å². The summed E-state index contributed by atoms with van der Waals surface area (Å²) < 4.78 is 25.9. The lowest BCUT2D eigenvalue weighted by molar-refractivity contribution is -0.140. The van der Waals surface area contributed by atoms with E-state index in [1.807, 2.05) is 0 Å². The van der Waals surface area contributed by atoms with Crippen LogP contribution in [0.2, 0.25) is 15.1 Å². The zero-order chi connectivity index (χ0) is 25.5. The van der Waals surface area contributed by atoms with Crippen LogP contribution in [0.25, 0.3) is 0 Å².